The van der Waals surface area contributed by atoms with E-state index in [1.807, 2.05) is 13.8 Å². The van der Waals surface area contributed by atoms with E-state index in [1.165, 1.54) is 6.07 Å². The predicted octanol–water partition coefficient (Wildman–Crippen LogP) is 1.61. The van der Waals surface area contributed by atoms with E-state index in [-0.39, 0.29) is 12.1 Å². The lowest BCUT2D eigenvalue weighted by Crippen LogP contribution is -2.49. The van der Waals surface area contributed by atoms with Gasteiger partial charge in [0.25, 0.3) is 0 Å². The van der Waals surface area contributed by atoms with E-state index in [2.05, 4.69) is 5.32 Å². The number of β-amino-alcohol motifs (C(OH)–C–C–N with tert-alkyl or cyclic N) is 1. The van der Waals surface area contributed by atoms with E-state index in [1.54, 1.807) is 25.1 Å². The Hall–Kier alpha value is -0.970. The maximum Gasteiger partial charge on any atom is 0.129 e. The number of rotatable bonds is 5. The van der Waals surface area contributed by atoms with Gasteiger partial charge in [0.1, 0.15) is 5.82 Å². The lowest BCUT2D eigenvalue weighted by atomic mass is 9.98. The molecule has 0 bridgehead atoms. The molecule has 1 rings (SSSR count). The fourth-order valence-electron chi connectivity index (χ4n) is 1.36. The van der Waals surface area contributed by atoms with Gasteiger partial charge in [-0.25, -0.2) is 4.39 Å². The minimum atomic E-state index is -0.922. The third-order valence-electron chi connectivity index (χ3n) is 3.06. The van der Waals surface area contributed by atoms with E-state index in [0.717, 1.165) is 0 Å². The smallest absolute Gasteiger partial charge is 0.129 e. The lowest BCUT2D eigenvalue weighted by molar-refractivity contribution is 0.0797. The number of hydrogen-bond donors (Lipinski definition) is 3. The van der Waals surface area contributed by atoms with Crippen LogP contribution in [0.5, 0.6) is 0 Å². The van der Waals surface area contributed by atoms with Crippen LogP contribution in [0.2, 0.25) is 0 Å². The normalized spacial score (nSPS) is 15.6. The van der Waals surface area contributed by atoms with E-state index in [4.69, 9.17) is 0 Å². The van der Waals surface area contributed by atoms with Crippen LogP contribution in [0.25, 0.3) is 0 Å². The Labute approximate surface area is 101 Å². The van der Waals surface area contributed by atoms with Gasteiger partial charge < -0.3 is 15.5 Å². The summed E-state index contributed by atoms with van der Waals surface area (Å²) in [6.07, 6.45) is -1.48. The van der Waals surface area contributed by atoms with Gasteiger partial charge >= 0.3 is 0 Å². The average molecular weight is 241 g/mol. The Morgan fingerprint density at radius 3 is 2.41 bits per heavy atom. The Balaban J connectivity index is 2.62. The van der Waals surface area contributed by atoms with Crippen LogP contribution < -0.4 is 5.32 Å². The van der Waals surface area contributed by atoms with Gasteiger partial charge in [0.05, 0.1) is 12.2 Å². The topological polar surface area (TPSA) is 52.5 Å². The molecular weight excluding hydrogens is 221 g/mol. The molecule has 0 aliphatic rings. The average Bonchev–Trinajstić information content (AvgIpc) is 2.26. The highest BCUT2D eigenvalue weighted by Crippen LogP contribution is 2.17. The highest BCUT2D eigenvalue weighted by atomic mass is 19.1. The molecular formula is C13H20FNO2. The molecule has 17 heavy (non-hydrogen) atoms. The molecule has 0 spiro atoms. The van der Waals surface area contributed by atoms with Crippen molar-refractivity contribution in [2.75, 3.05) is 6.54 Å². The lowest BCUT2D eigenvalue weighted by Gasteiger charge is -2.30. The number of aliphatic hydroxyl groups excluding tert-OH is 2. The molecule has 3 N–H and O–H groups in total. The number of aliphatic hydroxyl groups is 2. The SMILES string of the molecule is CC(O)C(C)(C)NCC(O)c1ccccc1F. The van der Waals surface area contributed by atoms with Crippen LogP contribution in [-0.2, 0) is 0 Å². The fraction of sp³-hybridized carbons (Fsp3) is 0.538. The Morgan fingerprint density at radius 1 is 1.29 bits per heavy atom. The van der Waals surface area contributed by atoms with Crippen molar-refractivity contribution < 1.29 is 14.6 Å². The van der Waals surface area contributed by atoms with E-state index >= 15 is 0 Å². The molecule has 2 atom stereocenters. The monoisotopic (exact) mass is 241 g/mol. The van der Waals surface area contributed by atoms with Crippen molar-refractivity contribution in [1.82, 2.24) is 5.32 Å². The van der Waals surface area contributed by atoms with Gasteiger partial charge in [0.15, 0.2) is 0 Å². The molecule has 96 valence electrons. The summed E-state index contributed by atoms with van der Waals surface area (Å²) in [5, 5.41) is 22.4. The van der Waals surface area contributed by atoms with E-state index in [0.29, 0.717) is 0 Å². The highest BCUT2D eigenvalue weighted by Gasteiger charge is 2.24. The van der Waals surface area contributed by atoms with Crippen molar-refractivity contribution >= 4 is 0 Å². The van der Waals surface area contributed by atoms with Crippen molar-refractivity contribution in [3.63, 3.8) is 0 Å². The zero-order valence-corrected chi connectivity index (χ0v) is 10.4. The summed E-state index contributed by atoms with van der Waals surface area (Å²) in [5.74, 6) is -0.420. The molecule has 0 aromatic heterocycles. The summed E-state index contributed by atoms with van der Waals surface area (Å²) >= 11 is 0. The highest BCUT2D eigenvalue weighted by molar-refractivity contribution is 5.20. The summed E-state index contributed by atoms with van der Waals surface area (Å²) in [6.45, 7) is 5.51. The van der Waals surface area contributed by atoms with Gasteiger partial charge in [-0.1, -0.05) is 18.2 Å². The van der Waals surface area contributed by atoms with Gasteiger partial charge in [-0.2, -0.15) is 0 Å². The van der Waals surface area contributed by atoms with Crippen molar-refractivity contribution in [3.8, 4) is 0 Å². The van der Waals surface area contributed by atoms with Gasteiger partial charge in [0.2, 0.25) is 0 Å². The molecule has 0 aliphatic carbocycles. The van der Waals surface area contributed by atoms with Crippen LogP contribution in [0, 0.1) is 5.82 Å². The number of hydrogen-bond acceptors (Lipinski definition) is 3. The summed E-state index contributed by atoms with van der Waals surface area (Å²) in [7, 11) is 0. The minimum Gasteiger partial charge on any atom is -0.392 e. The first kappa shape index (κ1) is 14.1. The molecule has 2 unspecified atom stereocenters. The second-order valence-electron chi connectivity index (χ2n) is 4.82. The third-order valence-corrected chi connectivity index (χ3v) is 3.06. The maximum absolute atomic E-state index is 13.4. The molecule has 3 nitrogen and oxygen atoms in total. The maximum atomic E-state index is 13.4. The Kier molecular flexibility index (Phi) is 4.62. The summed E-state index contributed by atoms with van der Waals surface area (Å²) < 4.78 is 13.4. The van der Waals surface area contributed by atoms with Crippen molar-refractivity contribution in [2.45, 2.75) is 38.5 Å². The van der Waals surface area contributed by atoms with E-state index < -0.39 is 23.6 Å². The van der Waals surface area contributed by atoms with Gasteiger partial charge in [-0.3, -0.25) is 0 Å². The molecule has 0 fully saturated rings. The zero-order valence-electron chi connectivity index (χ0n) is 10.4. The number of nitrogens with one attached hydrogen (secondary N) is 1. The minimum absolute atomic E-state index is 0.193. The molecule has 0 radical (unpaired) electrons. The number of benzene rings is 1. The molecule has 0 heterocycles. The van der Waals surface area contributed by atoms with Crippen LogP contribution in [-0.4, -0.2) is 28.4 Å². The molecule has 4 heteroatoms. The quantitative estimate of drug-likeness (QED) is 0.734. The first-order chi connectivity index (χ1) is 7.84. The van der Waals surface area contributed by atoms with Crippen LogP contribution in [0.1, 0.15) is 32.4 Å². The largest absolute Gasteiger partial charge is 0.392 e. The number of halogens is 1. The summed E-state index contributed by atoms with van der Waals surface area (Å²) in [6, 6.07) is 6.13. The van der Waals surface area contributed by atoms with Gasteiger partial charge in [0, 0.05) is 17.6 Å². The molecule has 0 amide bonds. The third kappa shape index (κ3) is 3.77. The second kappa shape index (κ2) is 5.58. The van der Waals surface area contributed by atoms with Crippen LogP contribution in [0.15, 0.2) is 24.3 Å². The molecule has 1 aromatic carbocycles. The second-order valence-corrected chi connectivity index (χ2v) is 4.82. The van der Waals surface area contributed by atoms with Crippen LogP contribution in [0.4, 0.5) is 4.39 Å². The Morgan fingerprint density at radius 2 is 1.88 bits per heavy atom. The molecule has 0 saturated heterocycles. The van der Waals surface area contributed by atoms with Crippen LogP contribution in [0.3, 0.4) is 0 Å². The first-order valence-electron chi connectivity index (χ1n) is 5.70. The van der Waals surface area contributed by atoms with Crippen molar-refractivity contribution in [2.24, 2.45) is 0 Å². The van der Waals surface area contributed by atoms with Crippen LogP contribution >= 0.6 is 0 Å². The Bertz CT molecular complexity index is 366. The summed E-state index contributed by atoms with van der Waals surface area (Å²) in [5.41, 5.74) is -0.256. The van der Waals surface area contributed by atoms with E-state index in [9.17, 15) is 14.6 Å². The first-order valence-corrected chi connectivity index (χ1v) is 5.70. The standard InChI is InChI=1S/C13H20FNO2/c1-9(16)13(2,3)15-8-12(17)10-6-4-5-7-11(10)14/h4-7,9,12,15-17H,8H2,1-3H3. The zero-order chi connectivity index (χ0) is 13.1. The van der Waals surface area contributed by atoms with Gasteiger partial charge in [-0.15, -0.1) is 0 Å². The van der Waals surface area contributed by atoms with Gasteiger partial charge in [-0.05, 0) is 26.8 Å². The molecule has 0 saturated carbocycles. The molecule has 0 aliphatic heterocycles. The summed E-state index contributed by atoms with van der Waals surface area (Å²) in [4.78, 5) is 0. The predicted molar refractivity (Wildman–Crippen MR) is 65.1 cm³/mol. The van der Waals surface area contributed by atoms with Crippen molar-refractivity contribution in [1.29, 1.82) is 0 Å². The fourth-order valence-corrected chi connectivity index (χ4v) is 1.36. The molecule has 1 aromatic rings. The van der Waals surface area contributed by atoms with Crippen molar-refractivity contribution in [3.05, 3.63) is 35.6 Å².